The second-order valence-corrected chi connectivity index (χ2v) is 3.06. The molecule has 1 atom stereocenters. The number of aliphatic hydroxyl groups excluding tert-OH is 1. The monoisotopic (exact) mass is 245 g/mol. The van der Waals surface area contributed by atoms with Gasteiger partial charge >= 0.3 is 5.97 Å². The summed E-state index contributed by atoms with van der Waals surface area (Å²) in [6.07, 6.45) is 0.269. The number of hydrogen-bond donors (Lipinski definition) is 1. The number of aliphatic hydroxyl groups is 1. The van der Waals surface area contributed by atoms with Crippen molar-refractivity contribution >= 4 is 21.9 Å². The summed E-state index contributed by atoms with van der Waals surface area (Å²) in [6, 6.07) is 3.23. The molecule has 0 fully saturated rings. The number of esters is 1. The number of halogens is 1. The molecule has 0 aliphatic rings. The molecule has 1 aromatic heterocycles. The lowest BCUT2D eigenvalue weighted by Gasteiger charge is -2.08. The van der Waals surface area contributed by atoms with Crippen LogP contribution in [0.2, 0.25) is 0 Å². The fourth-order valence-electron chi connectivity index (χ4n) is 0.841. The van der Waals surface area contributed by atoms with Crippen LogP contribution >= 0.6 is 15.9 Å². The Labute approximate surface area is 83.7 Å². The maximum Gasteiger partial charge on any atom is 0.339 e. The van der Waals surface area contributed by atoms with Crippen LogP contribution in [0.4, 0.5) is 0 Å². The summed E-state index contributed by atoms with van der Waals surface area (Å²) < 4.78 is 4.82. The van der Waals surface area contributed by atoms with Crippen LogP contribution in [0.1, 0.15) is 11.7 Å². The summed E-state index contributed by atoms with van der Waals surface area (Å²) in [7, 11) is 1.22. The number of nitrogens with zero attached hydrogens (tertiary/aromatic N) is 1. The van der Waals surface area contributed by atoms with Crippen molar-refractivity contribution < 1.29 is 14.6 Å². The quantitative estimate of drug-likeness (QED) is 0.625. The Kier molecular flexibility index (Phi) is 3.39. The van der Waals surface area contributed by atoms with E-state index >= 15 is 0 Å². The van der Waals surface area contributed by atoms with Crippen molar-refractivity contribution in [1.29, 1.82) is 0 Å². The molecule has 13 heavy (non-hydrogen) atoms. The van der Waals surface area contributed by atoms with Gasteiger partial charge in [-0.1, -0.05) is 6.07 Å². The highest BCUT2D eigenvalue weighted by molar-refractivity contribution is 9.10. The Bertz CT molecular complexity index is 316. The van der Waals surface area contributed by atoms with Gasteiger partial charge in [0.05, 0.1) is 7.11 Å². The molecule has 1 N–H and O–H groups in total. The van der Waals surface area contributed by atoms with E-state index in [1.54, 1.807) is 18.3 Å². The molecule has 0 aliphatic heterocycles. The molecule has 0 saturated carbocycles. The maximum atomic E-state index is 10.9. The van der Waals surface area contributed by atoms with Gasteiger partial charge in [0.1, 0.15) is 4.60 Å². The highest BCUT2D eigenvalue weighted by Gasteiger charge is 2.20. The summed E-state index contributed by atoms with van der Waals surface area (Å²) in [6.45, 7) is 0. The molecule has 70 valence electrons. The molecule has 0 saturated heterocycles. The molecule has 0 radical (unpaired) electrons. The number of pyridine rings is 1. The summed E-state index contributed by atoms with van der Waals surface area (Å²) >= 11 is 3.12. The highest BCUT2D eigenvalue weighted by atomic mass is 79.9. The van der Waals surface area contributed by atoms with E-state index in [9.17, 15) is 9.90 Å². The third kappa shape index (κ3) is 2.26. The van der Waals surface area contributed by atoms with Gasteiger partial charge in [0.2, 0.25) is 0 Å². The van der Waals surface area contributed by atoms with E-state index in [4.69, 9.17) is 0 Å². The van der Waals surface area contributed by atoms with Gasteiger partial charge in [-0.3, -0.25) is 0 Å². The minimum atomic E-state index is -1.28. The first-order valence-electron chi connectivity index (χ1n) is 3.53. The average molecular weight is 246 g/mol. The average Bonchev–Trinajstić information content (AvgIpc) is 2.16. The summed E-state index contributed by atoms with van der Waals surface area (Å²) in [5.74, 6) is -0.700. The Morgan fingerprint density at radius 2 is 2.46 bits per heavy atom. The number of hydrogen-bond acceptors (Lipinski definition) is 4. The van der Waals surface area contributed by atoms with Gasteiger partial charge in [0.15, 0.2) is 6.10 Å². The first-order chi connectivity index (χ1) is 6.16. The lowest BCUT2D eigenvalue weighted by molar-refractivity contribution is -0.150. The number of carbonyl (C=O) groups is 1. The second-order valence-electron chi connectivity index (χ2n) is 2.31. The first kappa shape index (κ1) is 10.1. The molecule has 1 rings (SSSR count). The van der Waals surface area contributed by atoms with Crippen molar-refractivity contribution in [2.45, 2.75) is 6.10 Å². The van der Waals surface area contributed by atoms with Crippen LogP contribution in [-0.4, -0.2) is 23.2 Å². The number of rotatable bonds is 2. The third-order valence-electron chi connectivity index (χ3n) is 1.51. The van der Waals surface area contributed by atoms with Gasteiger partial charge in [-0.05, 0) is 22.0 Å². The molecule has 1 unspecified atom stereocenters. The van der Waals surface area contributed by atoms with Crippen LogP contribution in [0.25, 0.3) is 0 Å². The zero-order valence-electron chi connectivity index (χ0n) is 6.90. The first-order valence-corrected chi connectivity index (χ1v) is 4.32. The molecule has 0 amide bonds. The van der Waals surface area contributed by atoms with Crippen LogP contribution in [0, 0.1) is 0 Å². The minimum absolute atomic E-state index is 0.398. The summed E-state index contributed by atoms with van der Waals surface area (Å²) in [5, 5.41) is 9.43. The smallest absolute Gasteiger partial charge is 0.339 e. The number of ether oxygens (including phenoxy) is 1. The second kappa shape index (κ2) is 4.34. The van der Waals surface area contributed by atoms with E-state index in [-0.39, 0.29) is 0 Å². The van der Waals surface area contributed by atoms with Gasteiger partial charge < -0.3 is 9.84 Å². The van der Waals surface area contributed by atoms with Gasteiger partial charge in [0, 0.05) is 11.8 Å². The van der Waals surface area contributed by atoms with Crippen molar-refractivity contribution in [2.75, 3.05) is 7.11 Å². The van der Waals surface area contributed by atoms with Crippen LogP contribution in [0.3, 0.4) is 0 Å². The fraction of sp³-hybridized carbons (Fsp3) is 0.250. The minimum Gasteiger partial charge on any atom is -0.467 e. The van der Waals surface area contributed by atoms with Gasteiger partial charge in [-0.15, -0.1) is 0 Å². The Morgan fingerprint density at radius 1 is 1.77 bits per heavy atom. The van der Waals surface area contributed by atoms with Crippen molar-refractivity contribution in [3.8, 4) is 0 Å². The normalized spacial score (nSPS) is 12.2. The predicted octanol–water partition coefficient (Wildman–Crippen LogP) is 1.05. The molecule has 0 spiro atoms. The van der Waals surface area contributed by atoms with Crippen LogP contribution in [-0.2, 0) is 9.53 Å². The topological polar surface area (TPSA) is 59.4 Å². The highest BCUT2D eigenvalue weighted by Crippen LogP contribution is 2.21. The van der Waals surface area contributed by atoms with Crippen molar-refractivity contribution in [3.05, 3.63) is 28.5 Å². The molecule has 4 nitrogen and oxygen atoms in total. The zero-order chi connectivity index (χ0) is 9.84. The fourth-order valence-corrected chi connectivity index (χ4v) is 1.31. The van der Waals surface area contributed by atoms with E-state index in [2.05, 4.69) is 25.7 Å². The van der Waals surface area contributed by atoms with Crippen molar-refractivity contribution in [1.82, 2.24) is 4.98 Å². The Morgan fingerprint density at radius 3 is 3.00 bits per heavy atom. The molecule has 5 heteroatoms. The number of methoxy groups -OCH3 is 1. The lowest BCUT2D eigenvalue weighted by atomic mass is 10.2. The summed E-state index contributed by atoms with van der Waals surface area (Å²) in [4.78, 5) is 14.8. The maximum absolute atomic E-state index is 10.9. The molecule has 0 bridgehead atoms. The SMILES string of the molecule is COC(=O)C(O)c1cccnc1Br. The Balaban J connectivity index is 2.95. The molecular formula is C8H8BrNO3. The van der Waals surface area contributed by atoms with Gasteiger partial charge in [-0.2, -0.15) is 0 Å². The molecule has 1 heterocycles. The van der Waals surface area contributed by atoms with E-state index in [1.165, 1.54) is 7.11 Å². The third-order valence-corrected chi connectivity index (χ3v) is 2.17. The van der Waals surface area contributed by atoms with Crippen LogP contribution in [0.15, 0.2) is 22.9 Å². The summed E-state index contributed by atoms with van der Waals surface area (Å²) in [5.41, 5.74) is 0.398. The standard InChI is InChI=1S/C8H8BrNO3/c1-13-8(12)6(11)5-3-2-4-10-7(5)9/h2-4,6,11H,1H3. The number of carbonyl (C=O) groups excluding carboxylic acids is 1. The Hall–Kier alpha value is -0.940. The van der Waals surface area contributed by atoms with E-state index in [1.807, 2.05) is 0 Å². The van der Waals surface area contributed by atoms with Crippen molar-refractivity contribution in [3.63, 3.8) is 0 Å². The largest absolute Gasteiger partial charge is 0.467 e. The molecule has 1 aromatic rings. The lowest BCUT2D eigenvalue weighted by Crippen LogP contribution is -2.14. The van der Waals surface area contributed by atoms with Gasteiger partial charge in [0.25, 0.3) is 0 Å². The van der Waals surface area contributed by atoms with Crippen LogP contribution < -0.4 is 0 Å². The van der Waals surface area contributed by atoms with Crippen LogP contribution in [0.5, 0.6) is 0 Å². The van der Waals surface area contributed by atoms with E-state index in [0.29, 0.717) is 10.2 Å². The molecular weight excluding hydrogens is 238 g/mol. The molecule has 0 aromatic carbocycles. The number of aromatic nitrogens is 1. The van der Waals surface area contributed by atoms with Crippen molar-refractivity contribution in [2.24, 2.45) is 0 Å². The van der Waals surface area contributed by atoms with E-state index < -0.39 is 12.1 Å². The zero-order valence-corrected chi connectivity index (χ0v) is 8.48. The molecule has 0 aliphatic carbocycles. The van der Waals surface area contributed by atoms with Gasteiger partial charge in [-0.25, -0.2) is 9.78 Å². The van der Waals surface area contributed by atoms with E-state index in [0.717, 1.165) is 0 Å². The predicted molar refractivity (Wildman–Crippen MR) is 48.9 cm³/mol.